The Morgan fingerprint density at radius 2 is 2.31 bits per heavy atom. The molecule has 4 heteroatoms. The number of benzene rings is 1. The molecule has 1 aromatic carbocycles. The third-order valence-corrected chi connectivity index (χ3v) is 1.74. The fourth-order valence-corrected chi connectivity index (χ4v) is 1.11. The SMILES string of the molecule is N#Cc1ccc(Cl)cc1CN=C=O. The van der Waals surface area contributed by atoms with E-state index in [0.29, 0.717) is 16.1 Å². The molecule has 0 saturated heterocycles. The molecule has 0 aromatic heterocycles. The lowest BCUT2D eigenvalue weighted by molar-refractivity contribution is 0.563. The van der Waals surface area contributed by atoms with E-state index >= 15 is 0 Å². The van der Waals surface area contributed by atoms with Gasteiger partial charge in [0.2, 0.25) is 6.08 Å². The van der Waals surface area contributed by atoms with E-state index in [1.54, 1.807) is 18.2 Å². The third-order valence-electron chi connectivity index (χ3n) is 1.50. The number of carbonyl (C=O) groups excluding carboxylic acids is 1. The monoisotopic (exact) mass is 192 g/mol. The summed E-state index contributed by atoms with van der Waals surface area (Å²) >= 11 is 5.70. The van der Waals surface area contributed by atoms with Crippen molar-refractivity contribution in [3.63, 3.8) is 0 Å². The molecule has 0 fully saturated rings. The van der Waals surface area contributed by atoms with Crippen LogP contribution in [0.5, 0.6) is 0 Å². The van der Waals surface area contributed by atoms with Crippen molar-refractivity contribution in [1.82, 2.24) is 0 Å². The Morgan fingerprint density at radius 1 is 1.54 bits per heavy atom. The van der Waals surface area contributed by atoms with Crippen LogP contribution in [0.4, 0.5) is 0 Å². The molecule has 0 atom stereocenters. The molecule has 0 bridgehead atoms. The number of hydrogen-bond acceptors (Lipinski definition) is 3. The van der Waals surface area contributed by atoms with E-state index in [1.165, 1.54) is 6.08 Å². The lowest BCUT2D eigenvalue weighted by Crippen LogP contribution is -1.87. The van der Waals surface area contributed by atoms with Gasteiger partial charge in [-0.25, -0.2) is 9.79 Å². The predicted molar refractivity (Wildman–Crippen MR) is 48.0 cm³/mol. The first-order chi connectivity index (χ1) is 6.27. The molecule has 13 heavy (non-hydrogen) atoms. The maximum absolute atomic E-state index is 9.86. The summed E-state index contributed by atoms with van der Waals surface area (Å²) in [6.07, 6.45) is 1.41. The van der Waals surface area contributed by atoms with Crippen LogP contribution in [0.25, 0.3) is 0 Å². The lowest BCUT2D eigenvalue weighted by Gasteiger charge is -1.98. The molecular weight excluding hydrogens is 188 g/mol. The van der Waals surface area contributed by atoms with Crippen LogP contribution < -0.4 is 0 Å². The third kappa shape index (κ3) is 2.41. The van der Waals surface area contributed by atoms with Gasteiger partial charge in [0.05, 0.1) is 18.2 Å². The molecule has 1 rings (SSSR count). The highest BCUT2D eigenvalue weighted by Gasteiger charge is 2.01. The zero-order valence-electron chi connectivity index (χ0n) is 6.62. The second-order valence-corrected chi connectivity index (χ2v) is 2.76. The van der Waals surface area contributed by atoms with Crippen LogP contribution in [0, 0.1) is 11.3 Å². The second-order valence-electron chi connectivity index (χ2n) is 2.32. The van der Waals surface area contributed by atoms with Gasteiger partial charge in [-0.1, -0.05) is 11.6 Å². The molecule has 0 amide bonds. The first-order valence-corrected chi connectivity index (χ1v) is 3.88. The van der Waals surface area contributed by atoms with Gasteiger partial charge in [0.15, 0.2) is 0 Å². The minimum absolute atomic E-state index is 0.146. The minimum Gasteiger partial charge on any atom is -0.211 e. The topological polar surface area (TPSA) is 53.2 Å². The van der Waals surface area contributed by atoms with Crippen LogP contribution >= 0.6 is 11.6 Å². The van der Waals surface area contributed by atoms with Crippen molar-refractivity contribution in [3.05, 3.63) is 34.3 Å². The highest BCUT2D eigenvalue weighted by molar-refractivity contribution is 6.30. The van der Waals surface area contributed by atoms with E-state index in [4.69, 9.17) is 16.9 Å². The van der Waals surface area contributed by atoms with Gasteiger partial charge in [0.1, 0.15) is 0 Å². The normalized spacial score (nSPS) is 8.62. The van der Waals surface area contributed by atoms with E-state index < -0.39 is 0 Å². The van der Waals surface area contributed by atoms with E-state index in [-0.39, 0.29) is 6.54 Å². The average Bonchev–Trinajstić information content (AvgIpc) is 2.15. The van der Waals surface area contributed by atoms with Crippen LogP contribution in [-0.4, -0.2) is 6.08 Å². The molecule has 0 aliphatic heterocycles. The maximum atomic E-state index is 9.86. The Kier molecular flexibility index (Phi) is 3.22. The van der Waals surface area contributed by atoms with E-state index in [2.05, 4.69) is 4.99 Å². The summed E-state index contributed by atoms with van der Waals surface area (Å²) in [6, 6.07) is 6.81. The number of rotatable bonds is 2. The van der Waals surface area contributed by atoms with E-state index in [0.717, 1.165) is 0 Å². The zero-order valence-corrected chi connectivity index (χ0v) is 7.38. The van der Waals surface area contributed by atoms with Crippen molar-refractivity contribution in [2.45, 2.75) is 6.54 Å². The Labute approximate surface area is 80.3 Å². The summed E-state index contributed by atoms with van der Waals surface area (Å²) in [5.74, 6) is 0. The molecule has 0 N–H and O–H groups in total. The van der Waals surface area contributed by atoms with Crippen LogP contribution in [0.15, 0.2) is 23.2 Å². The number of aliphatic imine (C=N–C) groups is 1. The van der Waals surface area contributed by atoms with Crippen molar-refractivity contribution in [3.8, 4) is 6.07 Å². The molecule has 0 heterocycles. The number of nitriles is 1. The van der Waals surface area contributed by atoms with E-state index in [9.17, 15) is 4.79 Å². The van der Waals surface area contributed by atoms with Gasteiger partial charge >= 0.3 is 0 Å². The van der Waals surface area contributed by atoms with Crippen molar-refractivity contribution in [2.24, 2.45) is 4.99 Å². The van der Waals surface area contributed by atoms with Crippen LogP contribution in [-0.2, 0) is 11.3 Å². The van der Waals surface area contributed by atoms with Crippen LogP contribution in [0.3, 0.4) is 0 Å². The Bertz CT molecular complexity index is 403. The first kappa shape index (κ1) is 9.47. The fourth-order valence-electron chi connectivity index (χ4n) is 0.920. The zero-order chi connectivity index (χ0) is 9.68. The number of isocyanates is 1. The number of hydrogen-bond donors (Lipinski definition) is 0. The Morgan fingerprint density at radius 3 is 2.92 bits per heavy atom. The van der Waals surface area contributed by atoms with Crippen LogP contribution in [0.1, 0.15) is 11.1 Å². The maximum Gasteiger partial charge on any atom is 0.235 e. The molecule has 64 valence electrons. The number of nitrogens with zero attached hydrogens (tertiary/aromatic N) is 2. The number of halogens is 1. The van der Waals surface area contributed by atoms with Crippen molar-refractivity contribution < 1.29 is 4.79 Å². The summed E-state index contributed by atoms with van der Waals surface area (Å²) in [5, 5.41) is 9.20. The quantitative estimate of drug-likeness (QED) is 0.532. The lowest BCUT2D eigenvalue weighted by atomic mass is 10.1. The van der Waals surface area contributed by atoms with E-state index in [1.807, 2.05) is 6.07 Å². The summed E-state index contributed by atoms with van der Waals surface area (Å²) in [6.45, 7) is 0.146. The molecule has 0 spiro atoms. The van der Waals surface area contributed by atoms with Gasteiger partial charge in [-0.2, -0.15) is 5.26 Å². The Hall–Kier alpha value is -1.62. The molecule has 0 aliphatic rings. The summed E-state index contributed by atoms with van der Waals surface area (Å²) in [4.78, 5) is 13.2. The fraction of sp³-hybridized carbons (Fsp3) is 0.111. The van der Waals surface area contributed by atoms with Crippen molar-refractivity contribution in [1.29, 1.82) is 5.26 Å². The van der Waals surface area contributed by atoms with Gasteiger partial charge in [-0.15, -0.1) is 0 Å². The molecule has 1 aromatic rings. The molecule has 0 unspecified atom stereocenters. The minimum atomic E-state index is 0.146. The summed E-state index contributed by atoms with van der Waals surface area (Å²) in [5.41, 5.74) is 1.11. The molecular formula is C9H5ClN2O. The predicted octanol–water partition coefficient (Wildman–Crippen LogP) is 2.05. The molecule has 0 saturated carbocycles. The first-order valence-electron chi connectivity index (χ1n) is 3.50. The second kappa shape index (κ2) is 4.42. The average molecular weight is 193 g/mol. The summed E-state index contributed by atoms with van der Waals surface area (Å²) in [7, 11) is 0. The molecule has 0 radical (unpaired) electrons. The smallest absolute Gasteiger partial charge is 0.211 e. The van der Waals surface area contributed by atoms with Crippen molar-refractivity contribution in [2.75, 3.05) is 0 Å². The van der Waals surface area contributed by atoms with Gasteiger partial charge in [-0.05, 0) is 23.8 Å². The highest BCUT2D eigenvalue weighted by atomic mass is 35.5. The standard InChI is InChI=1S/C9H5ClN2O/c10-9-2-1-7(4-11)8(3-9)5-12-6-13/h1-3H,5H2. The summed E-state index contributed by atoms with van der Waals surface area (Å²) < 4.78 is 0. The molecule has 3 nitrogen and oxygen atoms in total. The Balaban J connectivity index is 3.09. The van der Waals surface area contributed by atoms with Gasteiger partial charge < -0.3 is 0 Å². The van der Waals surface area contributed by atoms with Crippen LogP contribution in [0.2, 0.25) is 5.02 Å². The molecule has 0 aliphatic carbocycles. The van der Waals surface area contributed by atoms with Gasteiger partial charge in [0.25, 0.3) is 0 Å². The largest absolute Gasteiger partial charge is 0.235 e. The van der Waals surface area contributed by atoms with Crippen molar-refractivity contribution >= 4 is 17.7 Å². The highest BCUT2D eigenvalue weighted by Crippen LogP contribution is 2.15. The van der Waals surface area contributed by atoms with Gasteiger partial charge in [-0.3, -0.25) is 0 Å². The van der Waals surface area contributed by atoms with Gasteiger partial charge in [0, 0.05) is 5.02 Å².